The number of halogens is 2. The lowest BCUT2D eigenvalue weighted by molar-refractivity contribution is 0.0695. The number of carboxylic acids is 1. The number of anilines is 1. The Morgan fingerprint density at radius 3 is 2.47 bits per heavy atom. The van der Waals surface area contributed by atoms with Gasteiger partial charge in [-0.05, 0) is 24.3 Å². The van der Waals surface area contributed by atoms with Crippen LogP contribution in [0, 0.1) is 11.6 Å². The van der Waals surface area contributed by atoms with Crippen molar-refractivity contribution >= 4 is 11.7 Å². The maximum atomic E-state index is 13.8. The van der Waals surface area contributed by atoms with Crippen molar-refractivity contribution in [2.75, 3.05) is 11.9 Å². The lowest BCUT2D eigenvalue weighted by Crippen LogP contribution is -2.19. The van der Waals surface area contributed by atoms with Gasteiger partial charge in [-0.2, -0.15) is 0 Å². The minimum atomic E-state index is -1.38. The fourth-order valence-corrected chi connectivity index (χ4v) is 1.77. The van der Waals surface area contributed by atoms with E-state index in [4.69, 9.17) is 9.52 Å². The highest BCUT2D eigenvalue weighted by molar-refractivity contribution is 5.88. The molecule has 2 rings (SSSR count). The SMILES string of the molecule is CN(Cc1ccco1)c1c(F)cc(C(=O)O)cc1F. The van der Waals surface area contributed by atoms with Crippen molar-refractivity contribution in [3.05, 3.63) is 53.5 Å². The van der Waals surface area contributed by atoms with Crippen LogP contribution in [-0.4, -0.2) is 18.1 Å². The van der Waals surface area contributed by atoms with Crippen LogP contribution >= 0.6 is 0 Å². The Morgan fingerprint density at radius 1 is 1.37 bits per heavy atom. The van der Waals surface area contributed by atoms with Crippen LogP contribution in [0.5, 0.6) is 0 Å². The van der Waals surface area contributed by atoms with E-state index in [1.54, 1.807) is 12.1 Å². The van der Waals surface area contributed by atoms with E-state index in [0.29, 0.717) is 5.76 Å². The maximum absolute atomic E-state index is 13.8. The zero-order valence-corrected chi connectivity index (χ0v) is 10.1. The van der Waals surface area contributed by atoms with Gasteiger partial charge in [-0.15, -0.1) is 0 Å². The van der Waals surface area contributed by atoms with Crippen LogP contribution in [0.15, 0.2) is 34.9 Å². The van der Waals surface area contributed by atoms with Crippen molar-refractivity contribution in [1.82, 2.24) is 0 Å². The minimum Gasteiger partial charge on any atom is -0.478 e. The lowest BCUT2D eigenvalue weighted by Gasteiger charge is -2.19. The third kappa shape index (κ3) is 2.73. The standard InChI is InChI=1S/C13H11F2NO3/c1-16(7-9-3-2-4-19-9)12-10(14)5-8(13(17)18)6-11(12)15/h2-6H,7H2,1H3,(H,17,18). The first-order valence-electron chi connectivity index (χ1n) is 5.45. The molecule has 100 valence electrons. The van der Waals surface area contributed by atoms with E-state index in [-0.39, 0.29) is 12.2 Å². The molecule has 4 nitrogen and oxygen atoms in total. The van der Waals surface area contributed by atoms with Crippen molar-refractivity contribution in [2.45, 2.75) is 6.54 Å². The third-order valence-electron chi connectivity index (χ3n) is 2.62. The van der Waals surface area contributed by atoms with Crippen molar-refractivity contribution in [3.8, 4) is 0 Å². The monoisotopic (exact) mass is 267 g/mol. The van der Waals surface area contributed by atoms with Gasteiger partial charge in [0.2, 0.25) is 0 Å². The first-order chi connectivity index (χ1) is 8.99. The molecule has 1 aromatic heterocycles. The van der Waals surface area contributed by atoms with Crippen LogP contribution in [0.3, 0.4) is 0 Å². The van der Waals surface area contributed by atoms with Crippen LogP contribution < -0.4 is 4.90 Å². The zero-order valence-electron chi connectivity index (χ0n) is 10.1. The Kier molecular flexibility index (Phi) is 3.50. The average molecular weight is 267 g/mol. The molecule has 1 N–H and O–H groups in total. The summed E-state index contributed by atoms with van der Waals surface area (Å²) in [6.45, 7) is 0.174. The predicted molar refractivity (Wildman–Crippen MR) is 64.1 cm³/mol. The molecule has 0 amide bonds. The molecule has 0 aliphatic rings. The summed E-state index contributed by atoms with van der Waals surface area (Å²) in [4.78, 5) is 12.0. The van der Waals surface area contributed by atoms with E-state index < -0.39 is 23.2 Å². The fraction of sp³-hybridized carbons (Fsp3) is 0.154. The van der Waals surface area contributed by atoms with Gasteiger partial charge in [-0.25, -0.2) is 13.6 Å². The normalized spacial score (nSPS) is 10.5. The number of carboxylic acid groups (broad SMARTS) is 1. The van der Waals surface area contributed by atoms with Gasteiger partial charge >= 0.3 is 5.97 Å². The topological polar surface area (TPSA) is 53.7 Å². The maximum Gasteiger partial charge on any atom is 0.335 e. The summed E-state index contributed by atoms with van der Waals surface area (Å²) in [5.41, 5.74) is -0.716. The molecule has 1 aromatic carbocycles. The summed E-state index contributed by atoms with van der Waals surface area (Å²) in [5.74, 6) is -2.68. The van der Waals surface area contributed by atoms with Crippen LogP contribution in [0.2, 0.25) is 0 Å². The Hall–Kier alpha value is -2.37. The molecule has 0 saturated carbocycles. The molecule has 0 atom stereocenters. The van der Waals surface area contributed by atoms with E-state index in [9.17, 15) is 13.6 Å². The number of furan rings is 1. The highest BCUT2D eigenvalue weighted by Gasteiger charge is 2.18. The van der Waals surface area contributed by atoms with Crippen molar-refractivity contribution in [3.63, 3.8) is 0 Å². The van der Waals surface area contributed by atoms with Gasteiger partial charge in [-0.1, -0.05) is 0 Å². The first kappa shape index (κ1) is 13.1. The molecular weight excluding hydrogens is 256 g/mol. The molecule has 0 bridgehead atoms. The molecule has 0 saturated heterocycles. The summed E-state index contributed by atoms with van der Waals surface area (Å²) in [6.07, 6.45) is 1.46. The summed E-state index contributed by atoms with van der Waals surface area (Å²) in [7, 11) is 1.49. The van der Waals surface area contributed by atoms with Gasteiger partial charge in [-0.3, -0.25) is 0 Å². The summed E-state index contributed by atoms with van der Waals surface area (Å²) in [5, 5.41) is 8.71. The van der Waals surface area contributed by atoms with E-state index in [0.717, 1.165) is 12.1 Å². The number of benzene rings is 1. The van der Waals surface area contributed by atoms with Gasteiger partial charge < -0.3 is 14.4 Å². The Labute approximate surface area is 107 Å². The quantitative estimate of drug-likeness (QED) is 0.925. The van der Waals surface area contributed by atoms with E-state index in [1.807, 2.05) is 0 Å². The van der Waals surface area contributed by atoms with Crippen molar-refractivity contribution < 1.29 is 23.1 Å². The molecule has 19 heavy (non-hydrogen) atoms. The first-order valence-corrected chi connectivity index (χ1v) is 5.45. The van der Waals surface area contributed by atoms with Crippen LogP contribution in [0.1, 0.15) is 16.1 Å². The number of aromatic carboxylic acids is 1. The van der Waals surface area contributed by atoms with E-state index >= 15 is 0 Å². The highest BCUT2D eigenvalue weighted by Crippen LogP contribution is 2.25. The van der Waals surface area contributed by atoms with Gasteiger partial charge in [0.15, 0.2) is 0 Å². The van der Waals surface area contributed by atoms with E-state index in [1.165, 1.54) is 18.2 Å². The van der Waals surface area contributed by atoms with E-state index in [2.05, 4.69) is 0 Å². The zero-order chi connectivity index (χ0) is 14.0. The second kappa shape index (κ2) is 5.09. The van der Waals surface area contributed by atoms with Gasteiger partial charge in [0.25, 0.3) is 0 Å². The van der Waals surface area contributed by atoms with Gasteiger partial charge in [0.1, 0.15) is 23.1 Å². The number of carbonyl (C=O) groups is 1. The molecule has 0 radical (unpaired) electrons. The minimum absolute atomic E-state index is 0.174. The fourth-order valence-electron chi connectivity index (χ4n) is 1.77. The number of hydrogen-bond acceptors (Lipinski definition) is 3. The average Bonchev–Trinajstić information content (AvgIpc) is 2.80. The predicted octanol–water partition coefficient (Wildman–Crippen LogP) is 2.89. The third-order valence-corrected chi connectivity index (χ3v) is 2.62. The second-order valence-corrected chi connectivity index (χ2v) is 4.03. The van der Waals surface area contributed by atoms with Crippen LogP contribution in [-0.2, 0) is 6.54 Å². The Morgan fingerprint density at radius 2 is 2.00 bits per heavy atom. The lowest BCUT2D eigenvalue weighted by atomic mass is 10.1. The largest absolute Gasteiger partial charge is 0.478 e. The smallest absolute Gasteiger partial charge is 0.335 e. The van der Waals surface area contributed by atoms with Gasteiger partial charge in [0.05, 0.1) is 18.4 Å². The van der Waals surface area contributed by atoms with Crippen LogP contribution in [0.25, 0.3) is 0 Å². The van der Waals surface area contributed by atoms with Gasteiger partial charge in [0, 0.05) is 7.05 Å². The molecule has 2 aromatic rings. The molecule has 0 spiro atoms. The highest BCUT2D eigenvalue weighted by atomic mass is 19.1. The summed E-state index contributed by atoms with van der Waals surface area (Å²) < 4.78 is 32.6. The Bertz CT molecular complexity index is 573. The molecule has 0 unspecified atom stereocenters. The molecule has 1 heterocycles. The van der Waals surface area contributed by atoms with Crippen molar-refractivity contribution in [1.29, 1.82) is 0 Å². The molecule has 0 aliphatic carbocycles. The Balaban J connectivity index is 2.31. The molecule has 6 heteroatoms. The summed E-state index contributed by atoms with van der Waals surface area (Å²) in [6, 6.07) is 4.93. The molecular formula is C13H11F2NO3. The second-order valence-electron chi connectivity index (χ2n) is 4.03. The molecule has 0 aliphatic heterocycles. The molecule has 0 fully saturated rings. The number of hydrogen-bond donors (Lipinski definition) is 1. The van der Waals surface area contributed by atoms with Crippen molar-refractivity contribution in [2.24, 2.45) is 0 Å². The van der Waals surface area contributed by atoms with Crippen LogP contribution in [0.4, 0.5) is 14.5 Å². The number of rotatable bonds is 4. The summed E-state index contributed by atoms with van der Waals surface area (Å²) >= 11 is 0. The number of nitrogens with zero attached hydrogens (tertiary/aromatic N) is 1.